The van der Waals surface area contributed by atoms with Crippen LogP contribution in [0.4, 0.5) is 5.69 Å². The van der Waals surface area contributed by atoms with Crippen molar-refractivity contribution in [3.8, 4) is 0 Å². The molecule has 1 aliphatic rings. The maximum absolute atomic E-state index is 11.4. The van der Waals surface area contributed by atoms with Crippen LogP contribution < -0.4 is 0 Å². The lowest BCUT2D eigenvalue weighted by molar-refractivity contribution is -0.0248. The normalized spacial score (nSPS) is 20.9. The third-order valence-electron chi connectivity index (χ3n) is 3.75. The Hall–Kier alpha value is -2.37. The molecule has 1 atom stereocenters. The molecule has 0 amide bonds. The smallest absolute Gasteiger partial charge is 0.194 e. The summed E-state index contributed by atoms with van der Waals surface area (Å²) < 4.78 is 0. The first-order chi connectivity index (χ1) is 10.6. The molecule has 0 saturated heterocycles. The van der Waals surface area contributed by atoms with Gasteiger partial charge in [0.05, 0.1) is 5.69 Å². The van der Waals surface area contributed by atoms with Gasteiger partial charge in [0, 0.05) is 23.2 Å². The third-order valence-corrected chi connectivity index (χ3v) is 3.98. The van der Waals surface area contributed by atoms with Crippen molar-refractivity contribution in [2.45, 2.75) is 5.72 Å². The van der Waals surface area contributed by atoms with E-state index < -0.39 is 5.72 Å². The number of amidine groups is 1. The summed E-state index contributed by atoms with van der Waals surface area (Å²) in [6, 6.07) is 14.3. The minimum absolute atomic E-state index is 0.337. The topological polar surface area (TPSA) is 68.4 Å². The standard InChI is InChI=1S/C16H14ClN3O2/c1-20-15(10-18-22)19-14-8-7-12(17)9-13(14)16(20,21)11-5-3-2-4-6-11/h2-10,21-22H,1H3/b18-10+. The quantitative estimate of drug-likeness (QED) is 0.508. The molecule has 0 aliphatic carbocycles. The van der Waals surface area contributed by atoms with Crippen LogP contribution >= 0.6 is 11.6 Å². The highest BCUT2D eigenvalue weighted by Gasteiger charge is 2.42. The number of halogens is 1. The molecule has 2 aromatic rings. The zero-order chi connectivity index (χ0) is 15.7. The molecule has 2 N–H and O–H groups in total. The van der Waals surface area contributed by atoms with Crippen LogP contribution in [0.1, 0.15) is 11.1 Å². The van der Waals surface area contributed by atoms with Crippen molar-refractivity contribution in [1.29, 1.82) is 0 Å². The van der Waals surface area contributed by atoms with Crippen LogP contribution in [-0.2, 0) is 5.72 Å². The van der Waals surface area contributed by atoms with Crippen LogP contribution in [0.25, 0.3) is 0 Å². The molecule has 1 heterocycles. The molecule has 0 bridgehead atoms. The molecule has 0 fully saturated rings. The van der Waals surface area contributed by atoms with Gasteiger partial charge in [-0.3, -0.25) is 0 Å². The van der Waals surface area contributed by atoms with Gasteiger partial charge in [0.2, 0.25) is 0 Å². The Morgan fingerprint density at radius 3 is 2.64 bits per heavy atom. The SMILES string of the molecule is CN1C(/C=N/O)=Nc2ccc(Cl)cc2C1(O)c1ccccc1. The van der Waals surface area contributed by atoms with Gasteiger partial charge in [-0.25, -0.2) is 4.99 Å². The summed E-state index contributed by atoms with van der Waals surface area (Å²) in [5.74, 6) is 0.337. The summed E-state index contributed by atoms with van der Waals surface area (Å²) in [6.07, 6.45) is 1.19. The number of aliphatic hydroxyl groups is 1. The van der Waals surface area contributed by atoms with Gasteiger partial charge in [-0.15, -0.1) is 0 Å². The molecule has 0 saturated carbocycles. The van der Waals surface area contributed by atoms with Crippen molar-refractivity contribution in [2.24, 2.45) is 10.1 Å². The molecule has 0 spiro atoms. The van der Waals surface area contributed by atoms with Gasteiger partial charge in [-0.05, 0) is 18.2 Å². The van der Waals surface area contributed by atoms with E-state index in [1.807, 2.05) is 30.3 Å². The van der Waals surface area contributed by atoms with E-state index in [2.05, 4.69) is 10.1 Å². The third kappa shape index (κ3) is 2.15. The van der Waals surface area contributed by atoms with E-state index in [0.29, 0.717) is 27.7 Å². The van der Waals surface area contributed by atoms with Crippen LogP contribution in [0.15, 0.2) is 58.7 Å². The molecule has 112 valence electrons. The lowest BCUT2D eigenvalue weighted by atomic mass is 9.90. The fraction of sp³-hybridized carbons (Fsp3) is 0.125. The van der Waals surface area contributed by atoms with E-state index in [-0.39, 0.29) is 0 Å². The second-order valence-electron chi connectivity index (χ2n) is 4.97. The van der Waals surface area contributed by atoms with Crippen molar-refractivity contribution in [1.82, 2.24) is 4.90 Å². The van der Waals surface area contributed by atoms with E-state index >= 15 is 0 Å². The van der Waals surface area contributed by atoms with Crippen LogP contribution in [0.5, 0.6) is 0 Å². The number of hydrogen-bond acceptors (Lipinski definition) is 5. The van der Waals surface area contributed by atoms with Gasteiger partial charge in [0.15, 0.2) is 11.6 Å². The summed E-state index contributed by atoms with van der Waals surface area (Å²) in [6.45, 7) is 0. The molecule has 22 heavy (non-hydrogen) atoms. The minimum Gasteiger partial charge on any atom is -0.411 e. The van der Waals surface area contributed by atoms with E-state index in [1.54, 1.807) is 30.1 Å². The molecule has 0 aromatic heterocycles. The monoisotopic (exact) mass is 315 g/mol. The van der Waals surface area contributed by atoms with Crippen molar-refractivity contribution < 1.29 is 10.3 Å². The van der Waals surface area contributed by atoms with Gasteiger partial charge in [0.25, 0.3) is 0 Å². The van der Waals surface area contributed by atoms with Crippen molar-refractivity contribution in [3.05, 3.63) is 64.7 Å². The Bertz CT molecular complexity index is 761. The lowest BCUT2D eigenvalue weighted by Crippen LogP contribution is -2.50. The Labute approximate surface area is 132 Å². The largest absolute Gasteiger partial charge is 0.411 e. The minimum atomic E-state index is -1.46. The molecule has 2 aromatic carbocycles. The van der Waals surface area contributed by atoms with Crippen LogP contribution in [-0.4, -0.2) is 34.3 Å². The van der Waals surface area contributed by atoms with Gasteiger partial charge in [-0.1, -0.05) is 47.1 Å². The van der Waals surface area contributed by atoms with Crippen molar-refractivity contribution >= 4 is 29.3 Å². The fourth-order valence-corrected chi connectivity index (χ4v) is 2.79. The summed E-state index contributed by atoms with van der Waals surface area (Å²) >= 11 is 6.09. The van der Waals surface area contributed by atoms with Gasteiger partial charge in [0.1, 0.15) is 6.21 Å². The van der Waals surface area contributed by atoms with Crippen LogP contribution in [0.2, 0.25) is 5.02 Å². The Balaban J connectivity index is 2.29. The maximum atomic E-state index is 11.4. The first-order valence-corrected chi connectivity index (χ1v) is 7.03. The second kappa shape index (κ2) is 5.44. The number of benzene rings is 2. The first-order valence-electron chi connectivity index (χ1n) is 6.65. The molecule has 3 rings (SSSR count). The molecule has 1 unspecified atom stereocenters. The van der Waals surface area contributed by atoms with E-state index in [1.165, 1.54) is 6.21 Å². The van der Waals surface area contributed by atoms with Gasteiger partial charge < -0.3 is 15.2 Å². The lowest BCUT2D eigenvalue weighted by Gasteiger charge is -2.42. The molecule has 0 radical (unpaired) electrons. The molecule has 5 nitrogen and oxygen atoms in total. The molecule has 6 heteroatoms. The molecular weight excluding hydrogens is 302 g/mol. The average Bonchev–Trinajstić information content (AvgIpc) is 2.54. The van der Waals surface area contributed by atoms with Crippen LogP contribution in [0, 0.1) is 0 Å². The summed E-state index contributed by atoms with van der Waals surface area (Å²) in [7, 11) is 1.68. The summed E-state index contributed by atoms with van der Waals surface area (Å²) in [5, 5.41) is 23.8. The van der Waals surface area contributed by atoms with Crippen molar-refractivity contribution in [3.63, 3.8) is 0 Å². The number of rotatable bonds is 2. The van der Waals surface area contributed by atoms with Crippen molar-refractivity contribution in [2.75, 3.05) is 7.05 Å². The Morgan fingerprint density at radius 2 is 1.95 bits per heavy atom. The average molecular weight is 316 g/mol. The highest BCUT2D eigenvalue weighted by atomic mass is 35.5. The number of hydrogen-bond donors (Lipinski definition) is 2. The predicted octanol–water partition coefficient (Wildman–Crippen LogP) is 2.97. The highest BCUT2D eigenvalue weighted by Crippen LogP contribution is 2.42. The Kier molecular flexibility index (Phi) is 3.60. The number of aliphatic imine (C=N–C) groups is 1. The fourth-order valence-electron chi connectivity index (χ4n) is 2.62. The van der Waals surface area contributed by atoms with E-state index in [4.69, 9.17) is 16.8 Å². The molecular formula is C16H14ClN3O2. The van der Waals surface area contributed by atoms with E-state index in [0.717, 1.165) is 0 Å². The number of oxime groups is 1. The summed E-state index contributed by atoms with van der Waals surface area (Å²) in [5.41, 5.74) is 0.354. The van der Waals surface area contributed by atoms with Gasteiger partial charge >= 0.3 is 0 Å². The highest BCUT2D eigenvalue weighted by molar-refractivity contribution is 6.31. The zero-order valence-corrected chi connectivity index (χ0v) is 12.6. The molecule has 1 aliphatic heterocycles. The first kappa shape index (κ1) is 14.6. The van der Waals surface area contributed by atoms with Gasteiger partial charge in [-0.2, -0.15) is 0 Å². The number of fused-ring (bicyclic) bond motifs is 1. The van der Waals surface area contributed by atoms with E-state index in [9.17, 15) is 5.11 Å². The number of nitrogens with zero attached hydrogens (tertiary/aromatic N) is 3. The summed E-state index contributed by atoms with van der Waals surface area (Å²) in [4.78, 5) is 5.94. The van der Waals surface area contributed by atoms with Crippen LogP contribution in [0.3, 0.4) is 0 Å². The maximum Gasteiger partial charge on any atom is 0.194 e. The second-order valence-corrected chi connectivity index (χ2v) is 5.41. The Morgan fingerprint density at radius 1 is 1.23 bits per heavy atom. The predicted molar refractivity (Wildman–Crippen MR) is 86.0 cm³/mol. The zero-order valence-electron chi connectivity index (χ0n) is 11.8.